The molecule has 1 fully saturated rings. The van der Waals surface area contributed by atoms with E-state index >= 15 is 0 Å². The average molecular weight is 371 g/mol. The van der Waals surface area contributed by atoms with Crippen molar-refractivity contribution in [3.8, 4) is 11.5 Å². The molecule has 0 bridgehead atoms. The molecule has 0 aliphatic carbocycles. The summed E-state index contributed by atoms with van der Waals surface area (Å²) in [6.07, 6.45) is 0.897. The monoisotopic (exact) mass is 371 g/mol. The number of hydrogen-bond donors (Lipinski definition) is 0. The topological polar surface area (TPSA) is 38.8 Å². The molecule has 144 valence electrons. The Hall–Kier alpha value is -2.56. The summed E-state index contributed by atoms with van der Waals surface area (Å²) in [5, 5.41) is 0. The number of carbonyl (C=O) groups excluding carboxylic acids is 1. The summed E-state index contributed by atoms with van der Waals surface area (Å²) in [5.41, 5.74) is 2.12. The van der Waals surface area contributed by atoms with E-state index in [9.17, 15) is 9.18 Å². The van der Waals surface area contributed by atoms with E-state index in [-0.39, 0.29) is 17.8 Å². The van der Waals surface area contributed by atoms with E-state index in [4.69, 9.17) is 9.47 Å². The maximum absolute atomic E-state index is 13.3. The number of nitrogens with zero attached hydrogens (tertiary/aromatic N) is 1. The molecule has 0 radical (unpaired) electrons. The minimum atomic E-state index is -0.536. The fourth-order valence-corrected chi connectivity index (χ4v) is 3.26. The van der Waals surface area contributed by atoms with Gasteiger partial charge in [0.25, 0.3) is 5.91 Å². The Labute approximate surface area is 159 Å². The molecule has 0 saturated carbocycles. The predicted molar refractivity (Wildman–Crippen MR) is 103 cm³/mol. The molecule has 1 heterocycles. The smallest absolute Gasteiger partial charge is 0.263 e. The molecule has 1 atom stereocenters. The minimum absolute atomic E-state index is 0.00825. The van der Waals surface area contributed by atoms with Crippen LogP contribution < -0.4 is 9.47 Å². The van der Waals surface area contributed by atoms with E-state index in [1.807, 2.05) is 36.9 Å². The summed E-state index contributed by atoms with van der Waals surface area (Å²) in [6.45, 7) is 6.99. The fourth-order valence-electron chi connectivity index (χ4n) is 3.26. The second-order valence-electron chi connectivity index (χ2n) is 7.13. The molecule has 1 saturated heterocycles. The van der Waals surface area contributed by atoms with Gasteiger partial charge in [-0.15, -0.1) is 0 Å². The first-order chi connectivity index (χ1) is 12.9. The summed E-state index contributed by atoms with van der Waals surface area (Å²) >= 11 is 0. The maximum atomic E-state index is 13.3. The Morgan fingerprint density at radius 2 is 1.89 bits per heavy atom. The predicted octanol–water partition coefficient (Wildman–Crippen LogP) is 4.28. The number of aryl methyl sites for hydroxylation is 2. The Kier molecular flexibility index (Phi) is 5.99. The number of benzene rings is 2. The van der Waals surface area contributed by atoms with Crippen LogP contribution >= 0.6 is 0 Å². The zero-order valence-corrected chi connectivity index (χ0v) is 16.1. The normalized spacial score (nSPS) is 16.1. The highest BCUT2D eigenvalue weighted by Gasteiger charge is 2.28. The van der Waals surface area contributed by atoms with Crippen LogP contribution in [0.25, 0.3) is 0 Å². The molecule has 4 nitrogen and oxygen atoms in total. The number of likely N-dealkylation sites (tertiary alicyclic amines) is 1. The number of ether oxygens (including phenoxy) is 2. The first kappa shape index (κ1) is 19.2. The van der Waals surface area contributed by atoms with Gasteiger partial charge in [0.05, 0.1) is 0 Å². The molecule has 3 rings (SSSR count). The van der Waals surface area contributed by atoms with Gasteiger partial charge in [0.15, 0.2) is 6.10 Å². The number of piperidine rings is 1. The van der Waals surface area contributed by atoms with E-state index in [2.05, 4.69) is 0 Å². The number of hydrogen-bond acceptors (Lipinski definition) is 3. The zero-order chi connectivity index (χ0) is 19.4. The lowest BCUT2D eigenvalue weighted by Gasteiger charge is -2.33. The van der Waals surface area contributed by atoms with Gasteiger partial charge in [0.1, 0.15) is 23.4 Å². The van der Waals surface area contributed by atoms with Crippen molar-refractivity contribution in [2.75, 3.05) is 13.1 Å². The number of halogens is 1. The van der Waals surface area contributed by atoms with Crippen molar-refractivity contribution in [2.45, 2.75) is 45.8 Å². The van der Waals surface area contributed by atoms with E-state index in [1.165, 1.54) is 12.1 Å². The summed E-state index contributed by atoms with van der Waals surface area (Å²) in [7, 11) is 0. The summed E-state index contributed by atoms with van der Waals surface area (Å²) in [5.74, 6) is 0.962. The van der Waals surface area contributed by atoms with Gasteiger partial charge in [-0.25, -0.2) is 4.39 Å². The van der Waals surface area contributed by atoms with Crippen LogP contribution in [0.15, 0.2) is 42.5 Å². The van der Waals surface area contributed by atoms with Crippen molar-refractivity contribution < 1.29 is 18.7 Å². The molecule has 1 aliphatic heterocycles. The lowest BCUT2D eigenvalue weighted by molar-refractivity contribution is -0.139. The third-order valence-electron chi connectivity index (χ3n) is 4.85. The Bertz CT molecular complexity index is 800. The van der Waals surface area contributed by atoms with Crippen molar-refractivity contribution in [3.05, 3.63) is 59.4 Å². The van der Waals surface area contributed by atoms with E-state index in [0.717, 1.165) is 29.7 Å². The third-order valence-corrected chi connectivity index (χ3v) is 4.85. The number of carbonyl (C=O) groups is 1. The van der Waals surface area contributed by atoms with Crippen molar-refractivity contribution >= 4 is 5.91 Å². The zero-order valence-electron chi connectivity index (χ0n) is 16.1. The van der Waals surface area contributed by atoms with Crippen LogP contribution in [-0.4, -0.2) is 36.1 Å². The second kappa shape index (κ2) is 8.42. The molecule has 5 heteroatoms. The van der Waals surface area contributed by atoms with Crippen molar-refractivity contribution in [1.29, 1.82) is 0 Å². The van der Waals surface area contributed by atoms with Crippen LogP contribution in [0, 0.1) is 19.7 Å². The molecule has 0 N–H and O–H groups in total. The summed E-state index contributed by atoms with van der Waals surface area (Å²) in [6, 6.07) is 12.1. The quantitative estimate of drug-likeness (QED) is 0.787. The lowest BCUT2D eigenvalue weighted by atomic mass is 10.1. The van der Waals surface area contributed by atoms with Gasteiger partial charge in [0.2, 0.25) is 0 Å². The average Bonchev–Trinajstić information content (AvgIpc) is 2.65. The second-order valence-corrected chi connectivity index (χ2v) is 7.13. The van der Waals surface area contributed by atoms with Gasteiger partial charge in [-0.2, -0.15) is 0 Å². The molecular formula is C22H26FNO3. The molecule has 2 aromatic carbocycles. The molecule has 1 aliphatic rings. The van der Waals surface area contributed by atoms with Crippen molar-refractivity contribution in [3.63, 3.8) is 0 Å². The fraction of sp³-hybridized carbons (Fsp3) is 0.409. The van der Waals surface area contributed by atoms with E-state index < -0.39 is 6.10 Å². The molecule has 0 aromatic heterocycles. The first-order valence-electron chi connectivity index (χ1n) is 9.37. The van der Waals surface area contributed by atoms with Crippen molar-refractivity contribution in [1.82, 2.24) is 4.90 Å². The Balaban J connectivity index is 1.52. The van der Waals surface area contributed by atoms with Gasteiger partial charge in [-0.3, -0.25) is 4.79 Å². The van der Waals surface area contributed by atoms with Gasteiger partial charge >= 0.3 is 0 Å². The van der Waals surface area contributed by atoms with Crippen molar-refractivity contribution in [2.24, 2.45) is 0 Å². The van der Waals surface area contributed by atoms with E-state index in [1.54, 1.807) is 19.1 Å². The van der Waals surface area contributed by atoms with Crippen LogP contribution in [0.1, 0.15) is 30.9 Å². The molecule has 1 amide bonds. The summed E-state index contributed by atoms with van der Waals surface area (Å²) in [4.78, 5) is 14.5. The van der Waals surface area contributed by atoms with Crippen LogP contribution in [0.5, 0.6) is 11.5 Å². The molecular weight excluding hydrogens is 345 g/mol. The standard InChI is InChI=1S/C22H26FNO3/c1-15-7-8-16(2)21(13-15)26-17(3)22(25)24-11-9-19(10-12-24)27-20-6-4-5-18(23)14-20/h4-8,13-14,17,19H,9-12H2,1-3H3/t17-/m1/s1. The van der Waals surface area contributed by atoms with Gasteiger partial charge in [0, 0.05) is 32.0 Å². The Morgan fingerprint density at radius 3 is 2.59 bits per heavy atom. The van der Waals surface area contributed by atoms with Gasteiger partial charge in [-0.1, -0.05) is 18.2 Å². The highest BCUT2D eigenvalue weighted by molar-refractivity contribution is 5.81. The first-order valence-corrected chi connectivity index (χ1v) is 9.37. The van der Waals surface area contributed by atoms with E-state index in [0.29, 0.717) is 18.8 Å². The lowest BCUT2D eigenvalue weighted by Crippen LogP contribution is -2.46. The highest BCUT2D eigenvalue weighted by atomic mass is 19.1. The maximum Gasteiger partial charge on any atom is 0.263 e. The molecule has 2 aromatic rings. The Morgan fingerprint density at radius 1 is 1.15 bits per heavy atom. The van der Waals surface area contributed by atoms with Crippen LogP contribution in [-0.2, 0) is 4.79 Å². The number of rotatable bonds is 5. The number of amides is 1. The SMILES string of the molecule is Cc1ccc(C)c(O[C@H](C)C(=O)N2CCC(Oc3cccc(F)c3)CC2)c1. The third kappa shape index (κ3) is 5.00. The molecule has 0 spiro atoms. The van der Waals surface area contributed by atoms with Crippen LogP contribution in [0.3, 0.4) is 0 Å². The van der Waals surface area contributed by atoms with Crippen LogP contribution in [0.2, 0.25) is 0 Å². The minimum Gasteiger partial charge on any atom is -0.490 e. The van der Waals surface area contributed by atoms with Gasteiger partial charge < -0.3 is 14.4 Å². The van der Waals surface area contributed by atoms with Gasteiger partial charge in [-0.05, 0) is 50.1 Å². The highest BCUT2D eigenvalue weighted by Crippen LogP contribution is 2.23. The molecule has 27 heavy (non-hydrogen) atoms. The largest absolute Gasteiger partial charge is 0.490 e. The summed E-state index contributed by atoms with van der Waals surface area (Å²) < 4.78 is 25.0. The van der Waals surface area contributed by atoms with Crippen LogP contribution in [0.4, 0.5) is 4.39 Å². The molecule has 0 unspecified atom stereocenters.